The summed E-state index contributed by atoms with van der Waals surface area (Å²) in [7, 11) is -3.55. The zero-order valence-electron chi connectivity index (χ0n) is 11.6. The number of rotatable bonds is 5. The number of carbonyl (C=O) groups is 1. The number of nitrogens with two attached hydrogens (primary N) is 1. The lowest BCUT2D eigenvalue weighted by Crippen LogP contribution is -2.33. The fourth-order valence-corrected chi connectivity index (χ4v) is 4.51. The Morgan fingerprint density at radius 1 is 1.40 bits per heavy atom. The minimum absolute atomic E-state index is 0.0123. The first-order valence-electron chi connectivity index (χ1n) is 6.56. The van der Waals surface area contributed by atoms with E-state index < -0.39 is 26.5 Å². The zero-order chi connectivity index (χ0) is 15.0. The fraction of sp³-hybridized carbons (Fsp3) is 0.500. The Labute approximate surface area is 119 Å². The van der Waals surface area contributed by atoms with Crippen molar-refractivity contribution in [2.24, 2.45) is 11.1 Å². The van der Waals surface area contributed by atoms with Gasteiger partial charge in [0, 0.05) is 6.54 Å². The Morgan fingerprint density at radius 3 is 2.50 bits per heavy atom. The molecule has 0 aliphatic heterocycles. The molecule has 1 aromatic rings. The van der Waals surface area contributed by atoms with E-state index in [1.165, 1.54) is 0 Å². The molecule has 0 unspecified atom stereocenters. The van der Waals surface area contributed by atoms with Crippen molar-refractivity contribution in [2.75, 3.05) is 13.2 Å². The molecule has 1 aliphatic rings. The van der Waals surface area contributed by atoms with Crippen molar-refractivity contribution in [1.82, 2.24) is 0 Å². The van der Waals surface area contributed by atoms with Gasteiger partial charge in [0.1, 0.15) is 0 Å². The van der Waals surface area contributed by atoms with Crippen molar-refractivity contribution >= 4 is 15.8 Å². The van der Waals surface area contributed by atoms with Gasteiger partial charge in [0.05, 0.1) is 22.2 Å². The topological polar surface area (TPSA) is 86.5 Å². The average Bonchev–Trinajstić information content (AvgIpc) is 3.16. The van der Waals surface area contributed by atoms with Crippen molar-refractivity contribution in [3.8, 4) is 0 Å². The molecule has 0 amide bonds. The third-order valence-electron chi connectivity index (χ3n) is 3.78. The fourth-order valence-electron chi connectivity index (χ4n) is 2.36. The summed E-state index contributed by atoms with van der Waals surface area (Å²) in [6.45, 7) is 3.78. The number of carbonyl (C=O) groups excluding carboxylic acids is 1. The van der Waals surface area contributed by atoms with E-state index in [2.05, 4.69) is 0 Å². The van der Waals surface area contributed by atoms with Crippen LogP contribution in [0.1, 0.15) is 18.9 Å². The maximum Gasteiger partial charge on any atom is 0.314 e. The van der Waals surface area contributed by atoms with Gasteiger partial charge in [-0.1, -0.05) is 17.7 Å². The van der Waals surface area contributed by atoms with Crippen molar-refractivity contribution in [3.63, 3.8) is 0 Å². The summed E-state index contributed by atoms with van der Waals surface area (Å²) in [5, 5.41) is -0.776. The molecule has 1 aromatic carbocycles. The summed E-state index contributed by atoms with van der Waals surface area (Å²) in [6, 6.07) is 6.61. The molecule has 1 saturated carbocycles. The first-order chi connectivity index (χ1) is 9.38. The Balaban J connectivity index is 2.29. The first-order valence-corrected chi connectivity index (χ1v) is 8.11. The summed E-state index contributed by atoms with van der Waals surface area (Å²) >= 11 is 0. The SMILES string of the molecule is CCOC(=O)[C@]1(CN)C[C@H]1S(=O)(=O)c1ccc(C)cc1. The minimum Gasteiger partial charge on any atom is -0.465 e. The van der Waals surface area contributed by atoms with E-state index in [0.29, 0.717) is 0 Å². The van der Waals surface area contributed by atoms with Crippen LogP contribution in [-0.2, 0) is 19.4 Å². The van der Waals surface area contributed by atoms with Crippen LogP contribution in [-0.4, -0.2) is 32.8 Å². The van der Waals surface area contributed by atoms with Gasteiger partial charge in [-0.3, -0.25) is 4.79 Å². The Bertz CT molecular complexity index is 609. The highest BCUT2D eigenvalue weighted by Gasteiger charge is 2.66. The summed E-state index contributed by atoms with van der Waals surface area (Å²) in [4.78, 5) is 12.2. The molecule has 1 fully saturated rings. The van der Waals surface area contributed by atoms with E-state index in [4.69, 9.17) is 10.5 Å². The van der Waals surface area contributed by atoms with Gasteiger partial charge in [-0.05, 0) is 32.4 Å². The van der Waals surface area contributed by atoms with E-state index in [1.54, 1.807) is 31.2 Å². The maximum atomic E-state index is 12.5. The summed E-state index contributed by atoms with van der Waals surface area (Å²) in [5.74, 6) is -0.511. The second kappa shape index (κ2) is 5.18. The van der Waals surface area contributed by atoms with Crippen LogP contribution in [0.15, 0.2) is 29.2 Å². The van der Waals surface area contributed by atoms with Crippen LogP contribution >= 0.6 is 0 Å². The lowest BCUT2D eigenvalue weighted by molar-refractivity contribution is -0.149. The number of aryl methyl sites for hydroxylation is 1. The molecule has 20 heavy (non-hydrogen) atoms. The zero-order valence-corrected chi connectivity index (χ0v) is 12.4. The quantitative estimate of drug-likeness (QED) is 0.821. The molecule has 0 radical (unpaired) electrons. The molecular formula is C14H19NO4S. The maximum absolute atomic E-state index is 12.5. The number of esters is 1. The number of hydrogen-bond donors (Lipinski definition) is 1. The highest BCUT2D eigenvalue weighted by atomic mass is 32.2. The van der Waals surface area contributed by atoms with Crippen molar-refractivity contribution in [3.05, 3.63) is 29.8 Å². The Hall–Kier alpha value is -1.40. The molecule has 2 atom stereocenters. The van der Waals surface area contributed by atoms with Gasteiger partial charge in [0.2, 0.25) is 0 Å². The summed E-state index contributed by atoms with van der Waals surface area (Å²) in [5.41, 5.74) is 5.54. The normalized spacial score (nSPS) is 25.2. The first kappa shape index (κ1) is 15.0. The van der Waals surface area contributed by atoms with Crippen molar-refractivity contribution < 1.29 is 17.9 Å². The van der Waals surface area contributed by atoms with Crippen LogP contribution < -0.4 is 5.73 Å². The molecule has 0 heterocycles. The summed E-state index contributed by atoms with van der Waals surface area (Å²) < 4.78 is 30.0. The highest BCUT2D eigenvalue weighted by Crippen LogP contribution is 2.52. The van der Waals surface area contributed by atoms with Gasteiger partial charge in [0.25, 0.3) is 0 Å². The minimum atomic E-state index is -3.55. The second-order valence-electron chi connectivity index (χ2n) is 5.13. The molecule has 0 bridgehead atoms. The van der Waals surface area contributed by atoms with E-state index in [1.807, 2.05) is 6.92 Å². The highest BCUT2D eigenvalue weighted by molar-refractivity contribution is 7.92. The molecule has 2 rings (SSSR count). The smallest absolute Gasteiger partial charge is 0.314 e. The lowest BCUT2D eigenvalue weighted by atomic mass is 10.1. The number of benzene rings is 1. The van der Waals surface area contributed by atoms with E-state index in [9.17, 15) is 13.2 Å². The van der Waals surface area contributed by atoms with Crippen LogP contribution in [0.25, 0.3) is 0 Å². The van der Waals surface area contributed by atoms with Crippen molar-refractivity contribution in [2.45, 2.75) is 30.4 Å². The number of hydrogen-bond acceptors (Lipinski definition) is 5. The summed E-state index contributed by atoms with van der Waals surface area (Å²) in [6.07, 6.45) is 0.235. The van der Waals surface area contributed by atoms with Crippen LogP contribution in [0.2, 0.25) is 0 Å². The monoisotopic (exact) mass is 297 g/mol. The van der Waals surface area contributed by atoms with Crippen LogP contribution in [0, 0.1) is 12.3 Å². The predicted octanol–water partition coefficient (Wildman–Crippen LogP) is 1.05. The third-order valence-corrected chi connectivity index (χ3v) is 6.07. The molecule has 2 N–H and O–H groups in total. The molecule has 1 aliphatic carbocycles. The van der Waals surface area contributed by atoms with Crippen LogP contribution in [0.5, 0.6) is 0 Å². The van der Waals surface area contributed by atoms with Gasteiger partial charge in [-0.25, -0.2) is 8.42 Å². The molecular weight excluding hydrogens is 278 g/mol. The molecule has 0 spiro atoms. The Kier molecular flexibility index (Phi) is 3.88. The van der Waals surface area contributed by atoms with Gasteiger partial charge in [-0.2, -0.15) is 0 Å². The van der Waals surface area contributed by atoms with Gasteiger partial charge >= 0.3 is 5.97 Å². The number of sulfone groups is 1. The van der Waals surface area contributed by atoms with Crippen LogP contribution in [0.4, 0.5) is 0 Å². The largest absolute Gasteiger partial charge is 0.465 e. The van der Waals surface area contributed by atoms with Gasteiger partial charge in [0.15, 0.2) is 9.84 Å². The van der Waals surface area contributed by atoms with Crippen LogP contribution in [0.3, 0.4) is 0 Å². The second-order valence-corrected chi connectivity index (χ2v) is 7.26. The predicted molar refractivity (Wildman–Crippen MR) is 74.9 cm³/mol. The van der Waals surface area contributed by atoms with Crippen molar-refractivity contribution in [1.29, 1.82) is 0 Å². The lowest BCUT2D eigenvalue weighted by Gasteiger charge is -2.13. The van der Waals surface area contributed by atoms with E-state index in [0.717, 1.165) is 5.56 Å². The molecule has 0 saturated heterocycles. The van der Waals surface area contributed by atoms with Gasteiger partial charge < -0.3 is 10.5 Å². The molecule has 6 heteroatoms. The third kappa shape index (κ3) is 2.33. The number of ether oxygens (including phenoxy) is 1. The Morgan fingerprint density at radius 2 is 2.00 bits per heavy atom. The molecule has 5 nitrogen and oxygen atoms in total. The molecule has 0 aromatic heterocycles. The average molecular weight is 297 g/mol. The van der Waals surface area contributed by atoms with Gasteiger partial charge in [-0.15, -0.1) is 0 Å². The standard InChI is InChI=1S/C14H19NO4S/c1-3-19-13(16)14(9-15)8-12(14)20(17,18)11-6-4-10(2)5-7-11/h4-7,12H,3,8-9,15H2,1-2H3/t12-,14+/m1/s1. The van der Waals surface area contributed by atoms with E-state index >= 15 is 0 Å². The van der Waals surface area contributed by atoms with E-state index in [-0.39, 0.29) is 24.5 Å². The molecule has 110 valence electrons.